The largest absolute Gasteiger partial charge is 0.339 e. The minimum Gasteiger partial charge on any atom is -0.339 e. The molecule has 0 aliphatic carbocycles. The molecule has 2 nitrogen and oxygen atoms in total. The normalized spacial score (nSPS) is 11.5. The van der Waals surface area contributed by atoms with E-state index in [-0.39, 0.29) is 11.9 Å². The number of nitrogens with one attached hydrogen (secondary N) is 1. The Morgan fingerprint density at radius 2 is 2.07 bits per heavy atom. The van der Waals surface area contributed by atoms with E-state index >= 15 is 0 Å². The lowest BCUT2D eigenvalue weighted by Crippen LogP contribution is -2.31. The molecule has 1 rings (SSSR count). The van der Waals surface area contributed by atoms with Crippen molar-refractivity contribution >= 4 is 5.91 Å². The fourth-order valence-electron chi connectivity index (χ4n) is 1.21. The van der Waals surface area contributed by atoms with Crippen molar-refractivity contribution in [3.8, 4) is 12.3 Å². The molecule has 1 atom stereocenters. The molecule has 1 N–H and O–H groups in total. The molecule has 15 heavy (non-hydrogen) atoms. The highest BCUT2D eigenvalue weighted by Crippen LogP contribution is 2.05. The molecule has 1 aromatic carbocycles. The van der Waals surface area contributed by atoms with Crippen LogP contribution in [0, 0.1) is 12.3 Å². The summed E-state index contributed by atoms with van der Waals surface area (Å²) < 4.78 is 0. The second-order valence-electron chi connectivity index (χ2n) is 3.41. The zero-order valence-corrected chi connectivity index (χ0v) is 9.08. The second-order valence-corrected chi connectivity index (χ2v) is 3.41. The standard InChI is InChI=1S/C13H15NO/c1-4-10(3)14-13(15)12-8-6-11(5-2)7-9-12/h1,6-10H,5H2,2-3H3,(H,14,15). The summed E-state index contributed by atoms with van der Waals surface area (Å²) in [6.45, 7) is 3.85. The summed E-state index contributed by atoms with van der Waals surface area (Å²) in [6, 6.07) is 7.31. The van der Waals surface area contributed by atoms with Crippen molar-refractivity contribution in [2.75, 3.05) is 0 Å². The Morgan fingerprint density at radius 1 is 1.47 bits per heavy atom. The third-order valence-electron chi connectivity index (χ3n) is 2.22. The van der Waals surface area contributed by atoms with Gasteiger partial charge in [-0.3, -0.25) is 4.79 Å². The van der Waals surface area contributed by atoms with Crippen LogP contribution >= 0.6 is 0 Å². The Labute approximate surface area is 90.7 Å². The van der Waals surface area contributed by atoms with Gasteiger partial charge < -0.3 is 5.32 Å². The minimum atomic E-state index is -0.233. The SMILES string of the molecule is C#CC(C)NC(=O)c1ccc(CC)cc1. The van der Waals surface area contributed by atoms with Crippen LogP contribution < -0.4 is 5.32 Å². The van der Waals surface area contributed by atoms with Gasteiger partial charge in [-0.25, -0.2) is 0 Å². The van der Waals surface area contributed by atoms with Crippen LogP contribution in [-0.4, -0.2) is 11.9 Å². The minimum absolute atomic E-state index is 0.122. The molecular formula is C13H15NO. The molecule has 0 fully saturated rings. The van der Waals surface area contributed by atoms with Crippen LogP contribution in [0.3, 0.4) is 0 Å². The summed E-state index contributed by atoms with van der Waals surface area (Å²) in [7, 11) is 0. The van der Waals surface area contributed by atoms with Crippen molar-refractivity contribution in [3.05, 3.63) is 35.4 Å². The Morgan fingerprint density at radius 3 is 2.53 bits per heavy atom. The molecule has 78 valence electrons. The van der Waals surface area contributed by atoms with E-state index in [0.29, 0.717) is 5.56 Å². The molecule has 0 aliphatic rings. The summed E-state index contributed by atoms with van der Waals surface area (Å²) in [5.41, 5.74) is 1.87. The first-order chi connectivity index (χ1) is 7.17. The van der Waals surface area contributed by atoms with E-state index in [9.17, 15) is 4.79 Å². The van der Waals surface area contributed by atoms with Gasteiger partial charge in [0.2, 0.25) is 0 Å². The predicted molar refractivity (Wildman–Crippen MR) is 61.6 cm³/mol. The molecule has 0 aromatic heterocycles. The average molecular weight is 201 g/mol. The summed E-state index contributed by atoms with van der Waals surface area (Å²) in [4.78, 5) is 11.6. The van der Waals surface area contributed by atoms with Crippen molar-refractivity contribution in [1.82, 2.24) is 5.32 Å². The molecule has 0 saturated carbocycles. The van der Waals surface area contributed by atoms with E-state index in [4.69, 9.17) is 6.42 Å². The van der Waals surface area contributed by atoms with Gasteiger partial charge in [0.15, 0.2) is 0 Å². The molecule has 1 aromatic rings. The van der Waals surface area contributed by atoms with Crippen LogP contribution in [0.15, 0.2) is 24.3 Å². The van der Waals surface area contributed by atoms with Crippen LogP contribution in [0.25, 0.3) is 0 Å². The summed E-state index contributed by atoms with van der Waals surface area (Å²) in [5.74, 6) is 2.33. The number of amides is 1. The topological polar surface area (TPSA) is 29.1 Å². The molecule has 0 aliphatic heterocycles. The van der Waals surface area contributed by atoms with E-state index in [2.05, 4.69) is 18.2 Å². The van der Waals surface area contributed by atoms with Crippen LogP contribution in [0.5, 0.6) is 0 Å². The number of carbonyl (C=O) groups is 1. The molecule has 0 spiro atoms. The van der Waals surface area contributed by atoms with Gasteiger partial charge in [-0.1, -0.05) is 25.0 Å². The Kier molecular flexibility index (Phi) is 3.93. The average Bonchev–Trinajstić information content (AvgIpc) is 2.29. The van der Waals surface area contributed by atoms with E-state index in [1.807, 2.05) is 24.3 Å². The van der Waals surface area contributed by atoms with E-state index in [0.717, 1.165) is 6.42 Å². The number of hydrogen-bond acceptors (Lipinski definition) is 1. The van der Waals surface area contributed by atoms with E-state index in [1.54, 1.807) is 6.92 Å². The molecular weight excluding hydrogens is 186 g/mol. The van der Waals surface area contributed by atoms with Gasteiger partial charge >= 0.3 is 0 Å². The number of hydrogen-bond donors (Lipinski definition) is 1. The van der Waals surface area contributed by atoms with Gasteiger partial charge in [0.25, 0.3) is 5.91 Å². The van der Waals surface area contributed by atoms with Crippen molar-refractivity contribution in [2.24, 2.45) is 0 Å². The Hall–Kier alpha value is -1.75. The van der Waals surface area contributed by atoms with Crippen LogP contribution in [0.4, 0.5) is 0 Å². The highest BCUT2D eigenvalue weighted by molar-refractivity contribution is 5.94. The zero-order chi connectivity index (χ0) is 11.3. The Bertz CT molecular complexity index is 373. The molecule has 0 heterocycles. The summed E-state index contributed by atoms with van der Waals surface area (Å²) >= 11 is 0. The summed E-state index contributed by atoms with van der Waals surface area (Å²) in [6.07, 6.45) is 6.15. The monoisotopic (exact) mass is 201 g/mol. The third kappa shape index (κ3) is 3.14. The number of rotatable bonds is 3. The van der Waals surface area contributed by atoms with E-state index < -0.39 is 0 Å². The summed E-state index contributed by atoms with van der Waals surface area (Å²) in [5, 5.41) is 2.71. The molecule has 2 heteroatoms. The number of benzene rings is 1. The van der Waals surface area contributed by atoms with Gasteiger partial charge in [-0.2, -0.15) is 0 Å². The lowest BCUT2D eigenvalue weighted by atomic mass is 10.1. The Balaban J connectivity index is 2.71. The molecule has 1 unspecified atom stereocenters. The maximum absolute atomic E-state index is 11.6. The number of aryl methyl sites for hydroxylation is 1. The van der Waals surface area contributed by atoms with Crippen molar-refractivity contribution in [1.29, 1.82) is 0 Å². The second kappa shape index (κ2) is 5.21. The molecule has 0 saturated heterocycles. The fourth-order valence-corrected chi connectivity index (χ4v) is 1.21. The smallest absolute Gasteiger partial charge is 0.252 e. The molecule has 1 amide bonds. The maximum Gasteiger partial charge on any atom is 0.252 e. The molecule has 0 radical (unpaired) electrons. The third-order valence-corrected chi connectivity index (χ3v) is 2.22. The van der Waals surface area contributed by atoms with Gasteiger partial charge in [-0.05, 0) is 31.0 Å². The highest BCUT2D eigenvalue weighted by atomic mass is 16.1. The number of terminal acetylenes is 1. The van der Waals surface area contributed by atoms with Gasteiger partial charge in [0, 0.05) is 5.56 Å². The first-order valence-electron chi connectivity index (χ1n) is 5.03. The predicted octanol–water partition coefficient (Wildman–Crippen LogP) is 2.00. The van der Waals surface area contributed by atoms with E-state index in [1.165, 1.54) is 5.56 Å². The van der Waals surface area contributed by atoms with Crippen LogP contribution in [0.1, 0.15) is 29.8 Å². The van der Waals surface area contributed by atoms with Crippen molar-refractivity contribution < 1.29 is 4.79 Å². The van der Waals surface area contributed by atoms with Gasteiger partial charge in [-0.15, -0.1) is 6.42 Å². The first kappa shape index (κ1) is 11.3. The number of carbonyl (C=O) groups excluding carboxylic acids is 1. The first-order valence-corrected chi connectivity index (χ1v) is 5.03. The lowest BCUT2D eigenvalue weighted by molar-refractivity contribution is 0.0948. The van der Waals surface area contributed by atoms with Crippen molar-refractivity contribution in [2.45, 2.75) is 26.3 Å². The fraction of sp³-hybridized carbons (Fsp3) is 0.308. The van der Waals surface area contributed by atoms with Crippen LogP contribution in [0.2, 0.25) is 0 Å². The zero-order valence-electron chi connectivity index (χ0n) is 9.08. The van der Waals surface area contributed by atoms with Gasteiger partial charge in [0.05, 0.1) is 6.04 Å². The lowest BCUT2D eigenvalue weighted by Gasteiger charge is -2.07. The maximum atomic E-state index is 11.6. The quantitative estimate of drug-likeness (QED) is 0.745. The van der Waals surface area contributed by atoms with Crippen molar-refractivity contribution in [3.63, 3.8) is 0 Å². The van der Waals surface area contributed by atoms with Gasteiger partial charge in [0.1, 0.15) is 0 Å². The highest BCUT2D eigenvalue weighted by Gasteiger charge is 2.06. The van der Waals surface area contributed by atoms with Crippen LogP contribution in [-0.2, 0) is 6.42 Å². The molecule has 0 bridgehead atoms.